The summed E-state index contributed by atoms with van der Waals surface area (Å²) in [6.45, 7) is 0. The number of nitrogens with zero attached hydrogens (tertiary/aromatic N) is 1. The standard InChI is InChI=1S/C44H29NO/c1-2-11-30(12-3-1)32-21-25-35(26-22-32)45(36-27-23-31-13-4-5-14-34(31)29-36)40-19-8-6-16-37(40)38-18-10-15-33-24-28-42-44(43(33)38)39-17-7-9-20-41(39)46-42/h1-29H. The van der Waals surface area contributed by atoms with Crippen LogP contribution in [0.3, 0.4) is 0 Å². The first-order chi connectivity index (χ1) is 22.8. The van der Waals surface area contributed by atoms with Gasteiger partial charge in [-0.15, -0.1) is 0 Å². The second-order valence-electron chi connectivity index (χ2n) is 11.7. The largest absolute Gasteiger partial charge is 0.456 e. The molecule has 0 unspecified atom stereocenters. The van der Waals surface area contributed by atoms with E-state index in [1.165, 1.54) is 38.2 Å². The van der Waals surface area contributed by atoms with Crippen molar-refractivity contribution in [2.45, 2.75) is 0 Å². The number of fused-ring (bicyclic) bond motifs is 6. The molecule has 2 heteroatoms. The Hall–Kier alpha value is -6.12. The fraction of sp³-hybridized carbons (Fsp3) is 0. The van der Waals surface area contributed by atoms with E-state index in [0.717, 1.165) is 44.6 Å². The van der Waals surface area contributed by atoms with E-state index in [2.05, 4.69) is 175 Å². The average molecular weight is 588 g/mol. The average Bonchev–Trinajstić information content (AvgIpc) is 3.51. The fourth-order valence-corrected chi connectivity index (χ4v) is 6.89. The highest BCUT2D eigenvalue weighted by Gasteiger charge is 2.20. The summed E-state index contributed by atoms with van der Waals surface area (Å²) in [5.74, 6) is 0. The first-order valence-corrected chi connectivity index (χ1v) is 15.7. The lowest BCUT2D eigenvalue weighted by molar-refractivity contribution is 0.669. The molecule has 0 aliphatic heterocycles. The molecule has 0 fully saturated rings. The Morgan fingerprint density at radius 2 is 1.02 bits per heavy atom. The molecule has 0 atom stereocenters. The van der Waals surface area contributed by atoms with Gasteiger partial charge in [-0.2, -0.15) is 0 Å². The van der Waals surface area contributed by atoms with Crippen molar-refractivity contribution in [3.8, 4) is 22.3 Å². The van der Waals surface area contributed by atoms with Gasteiger partial charge >= 0.3 is 0 Å². The van der Waals surface area contributed by atoms with Gasteiger partial charge in [-0.3, -0.25) is 0 Å². The first-order valence-electron chi connectivity index (χ1n) is 15.7. The van der Waals surface area contributed by atoms with Crippen molar-refractivity contribution in [1.82, 2.24) is 0 Å². The Bertz CT molecular complexity index is 2530. The lowest BCUT2D eigenvalue weighted by atomic mass is 9.93. The highest BCUT2D eigenvalue weighted by molar-refractivity contribution is 6.23. The molecule has 9 aromatic rings. The number of hydrogen-bond donors (Lipinski definition) is 0. The van der Waals surface area contributed by atoms with Crippen molar-refractivity contribution < 1.29 is 4.42 Å². The smallest absolute Gasteiger partial charge is 0.136 e. The lowest BCUT2D eigenvalue weighted by Gasteiger charge is -2.28. The van der Waals surface area contributed by atoms with Crippen LogP contribution in [0.4, 0.5) is 17.1 Å². The van der Waals surface area contributed by atoms with Crippen LogP contribution < -0.4 is 4.90 Å². The molecule has 2 nitrogen and oxygen atoms in total. The van der Waals surface area contributed by atoms with Gasteiger partial charge in [0.25, 0.3) is 0 Å². The zero-order valence-electron chi connectivity index (χ0n) is 25.1. The van der Waals surface area contributed by atoms with Gasteiger partial charge < -0.3 is 9.32 Å². The van der Waals surface area contributed by atoms with Crippen molar-refractivity contribution in [3.05, 3.63) is 176 Å². The normalized spacial score (nSPS) is 11.5. The molecule has 1 heterocycles. The minimum absolute atomic E-state index is 0.904. The Labute approximate surface area is 267 Å². The molecule has 46 heavy (non-hydrogen) atoms. The van der Waals surface area contributed by atoms with Gasteiger partial charge in [0.2, 0.25) is 0 Å². The molecule has 0 bridgehead atoms. The van der Waals surface area contributed by atoms with E-state index in [0.29, 0.717) is 0 Å². The molecular formula is C44H29NO. The third kappa shape index (κ3) is 4.35. The Morgan fingerprint density at radius 3 is 1.91 bits per heavy atom. The summed E-state index contributed by atoms with van der Waals surface area (Å²) in [6, 6.07) is 62.8. The molecule has 1 aromatic heterocycles. The quantitative estimate of drug-likeness (QED) is 0.199. The number of anilines is 3. The summed E-state index contributed by atoms with van der Waals surface area (Å²) < 4.78 is 6.35. The highest BCUT2D eigenvalue weighted by atomic mass is 16.3. The van der Waals surface area contributed by atoms with E-state index in [-0.39, 0.29) is 0 Å². The molecule has 0 saturated heterocycles. The van der Waals surface area contributed by atoms with Crippen molar-refractivity contribution in [1.29, 1.82) is 0 Å². The molecule has 0 radical (unpaired) electrons. The second-order valence-corrected chi connectivity index (χ2v) is 11.7. The molecule has 0 aliphatic carbocycles. The van der Waals surface area contributed by atoms with Crippen LogP contribution in [0.5, 0.6) is 0 Å². The molecule has 0 saturated carbocycles. The monoisotopic (exact) mass is 587 g/mol. The van der Waals surface area contributed by atoms with Crippen molar-refractivity contribution in [3.63, 3.8) is 0 Å². The summed E-state index contributed by atoms with van der Waals surface area (Å²) >= 11 is 0. The van der Waals surface area contributed by atoms with Crippen LogP contribution >= 0.6 is 0 Å². The Morgan fingerprint density at radius 1 is 0.370 bits per heavy atom. The van der Waals surface area contributed by atoms with Crippen LogP contribution in [0.1, 0.15) is 0 Å². The molecular weight excluding hydrogens is 558 g/mol. The summed E-state index contributed by atoms with van der Waals surface area (Å²) in [4.78, 5) is 2.39. The summed E-state index contributed by atoms with van der Waals surface area (Å²) in [5, 5.41) is 7.12. The lowest BCUT2D eigenvalue weighted by Crippen LogP contribution is -2.11. The predicted molar refractivity (Wildman–Crippen MR) is 194 cm³/mol. The van der Waals surface area contributed by atoms with E-state index >= 15 is 0 Å². The maximum absolute atomic E-state index is 6.35. The third-order valence-electron chi connectivity index (χ3n) is 9.04. The van der Waals surface area contributed by atoms with Gasteiger partial charge in [0.1, 0.15) is 11.2 Å². The van der Waals surface area contributed by atoms with Crippen LogP contribution in [0.2, 0.25) is 0 Å². The van der Waals surface area contributed by atoms with Gasteiger partial charge in [0.15, 0.2) is 0 Å². The van der Waals surface area contributed by atoms with Crippen LogP contribution in [-0.2, 0) is 0 Å². The molecule has 0 amide bonds. The number of para-hydroxylation sites is 2. The SMILES string of the molecule is c1ccc(-c2ccc(N(c3ccc4ccccc4c3)c3ccccc3-c3cccc4ccc5oc6ccccc6c5c34)cc2)cc1. The Balaban J connectivity index is 1.30. The van der Waals surface area contributed by atoms with Gasteiger partial charge in [0, 0.05) is 33.1 Å². The van der Waals surface area contributed by atoms with Crippen LogP contribution in [0.15, 0.2) is 180 Å². The summed E-state index contributed by atoms with van der Waals surface area (Å²) in [5.41, 5.74) is 9.87. The summed E-state index contributed by atoms with van der Waals surface area (Å²) in [7, 11) is 0. The fourth-order valence-electron chi connectivity index (χ4n) is 6.89. The third-order valence-corrected chi connectivity index (χ3v) is 9.04. The molecule has 9 rings (SSSR count). The minimum atomic E-state index is 0.904. The van der Waals surface area contributed by atoms with Crippen LogP contribution in [-0.4, -0.2) is 0 Å². The number of furan rings is 1. The van der Waals surface area contributed by atoms with Crippen molar-refractivity contribution in [2.75, 3.05) is 4.90 Å². The first kappa shape index (κ1) is 26.3. The zero-order chi connectivity index (χ0) is 30.5. The van der Waals surface area contributed by atoms with Gasteiger partial charge in [-0.1, -0.05) is 133 Å². The highest BCUT2D eigenvalue weighted by Crippen LogP contribution is 2.46. The maximum atomic E-state index is 6.35. The molecule has 0 spiro atoms. The molecule has 0 N–H and O–H groups in total. The molecule has 8 aromatic carbocycles. The molecule has 216 valence electrons. The van der Waals surface area contributed by atoms with E-state index in [1.54, 1.807) is 0 Å². The van der Waals surface area contributed by atoms with Crippen molar-refractivity contribution in [2.24, 2.45) is 0 Å². The number of rotatable bonds is 5. The van der Waals surface area contributed by atoms with Gasteiger partial charge in [-0.25, -0.2) is 0 Å². The summed E-state index contributed by atoms with van der Waals surface area (Å²) in [6.07, 6.45) is 0. The van der Waals surface area contributed by atoms with E-state index in [4.69, 9.17) is 4.42 Å². The topological polar surface area (TPSA) is 16.4 Å². The second kappa shape index (κ2) is 10.8. The predicted octanol–water partition coefficient (Wildman–Crippen LogP) is 12.7. The van der Waals surface area contributed by atoms with E-state index in [9.17, 15) is 0 Å². The zero-order valence-corrected chi connectivity index (χ0v) is 25.1. The van der Waals surface area contributed by atoms with E-state index in [1.807, 2.05) is 6.07 Å². The van der Waals surface area contributed by atoms with Gasteiger partial charge in [0.05, 0.1) is 5.69 Å². The minimum Gasteiger partial charge on any atom is -0.456 e. The Kier molecular flexibility index (Phi) is 6.17. The maximum Gasteiger partial charge on any atom is 0.136 e. The van der Waals surface area contributed by atoms with Crippen LogP contribution in [0.25, 0.3) is 65.7 Å². The number of benzene rings is 8. The van der Waals surface area contributed by atoms with Gasteiger partial charge in [-0.05, 0) is 75.3 Å². The van der Waals surface area contributed by atoms with Crippen molar-refractivity contribution >= 4 is 60.5 Å². The van der Waals surface area contributed by atoms with E-state index < -0.39 is 0 Å². The number of hydrogen-bond acceptors (Lipinski definition) is 2. The van der Waals surface area contributed by atoms with Crippen LogP contribution in [0, 0.1) is 0 Å². The molecule has 0 aliphatic rings.